The molecule has 2 rings (SSSR count). The SMILES string of the molecule is C=CCn1c(S[C@H](C)C(=O)NCCC)nnc1-c1ccccc1. The highest BCUT2D eigenvalue weighted by atomic mass is 32.2. The number of benzene rings is 1. The topological polar surface area (TPSA) is 59.8 Å². The van der Waals surface area contributed by atoms with Crippen LogP contribution in [0.15, 0.2) is 48.1 Å². The van der Waals surface area contributed by atoms with Crippen molar-refractivity contribution in [3.05, 3.63) is 43.0 Å². The first-order valence-corrected chi connectivity index (χ1v) is 8.59. The van der Waals surface area contributed by atoms with E-state index < -0.39 is 0 Å². The maximum atomic E-state index is 12.0. The molecule has 0 bridgehead atoms. The molecule has 0 saturated carbocycles. The number of hydrogen-bond acceptors (Lipinski definition) is 4. The van der Waals surface area contributed by atoms with Gasteiger partial charge < -0.3 is 5.32 Å². The molecule has 0 spiro atoms. The zero-order valence-electron chi connectivity index (χ0n) is 13.5. The summed E-state index contributed by atoms with van der Waals surface area (Å²) in [6.07, 6.45) is 2.73. The average Bonchev–Trinajstić information content (AvgIpc) is 2.96. The van der Waals surface area contributed by atoms with Crippen LogP contribution >= 0.6 is 11.8 Å². The van der Waals surface area contributed by atoms with Gasteiger partial charge in [0.15, 0.2) is 11.0 Å². The fourth-order valence-corrected chi connectivity index (χ4v) is 2.96. The summed E-state index contributed by atoms with van der Waals surface area (Å²) in [7, 11) is 0. The third-order valence-electron chi connectivity index (χ3n) is 3.26. The molecule has 1 aromatic heterocycles. The predicted molar refractivity (Wildman–Crippen MR) is 94.3 cm³/mol. The minimum absolute atomic E-state index is 0.0197. The second kappa shape index (κ2) is 8.53. The van der Waals surface area contributed by atoms with Gasteiger partial charge in [0, 0.05) is 18.7 Å². The molecule has 2 aromatic rings. The van der Waals surface area contributed by atoms with Gasteiger partial charge in [-0.1, -0.05) is 55.1 Å². The van der Waals surface area contributed by atoms with Crippen molar-refractivity contribution >= 4 is 17.7 Å². The second-order valence-corrected chi connectivity index (χ2v) is 6.43. The summed E-state index contributed by atoms with van der Waals surface area (Å²) in [5.74, 6) is 0.806. The Morgan fingerprint density at radius 1 is 1.39 bits per heavy atom. The summed E-state index contributed by atoms with van der Waals surface area (Å²) in [6.45, 7) is 9.01. The van der Waals surface area contributed by atoms with E-state index in [1.54, 1.807) is 0 Å². The van der Waals surface area contributed by atoms with E-state index >= 15 is 0 Å². The molecule has 6 heteroatoms. The summed E-state index contributed by atoms with van der Waals surface area (Å²) < 4.78 is 1.98. The van der Waals surface area contributed by atoms with Crippen molar-refractivity contribution in [1.29, 1.82) is 0 Å². The Balaban J connectivity index is 2.21. The molecule has 0 fully saturated rings. The quantitative estimate of drug-likeness (QED) is 0.597. The number of hydrogen-bond donors (Lipinski definition) is 1. The number of carbonyl (C=O) groups is 1. The molecule has 1 atom stereocenters. The Morgan fingerprint density at radius 3 is 2.78 bits per heavy atom. The number of nitrogens with zero attached hydrogens (tertiary/aromatic N) is 3. The zero-order chi connectivity index (χ0) is 16.7. The monoisotopic (exact) mass is 330 g/mol. The lowest BCUT2D eigenvalue weighted by Gasteiger charge is -2.12. The maximum absolute atomic E-state index is 12.0. The van der Waals surface area contributed by atoms with E-state index in [4.69, 9.17) is 0 Å². The molecular formula is C17H22N4OS. The number of carbonyl (C=O) groups excluding carboxylic acids is 1. The van der Waals surface area contributed by atoms with Crippen LogP contribution in [0.25, 0.3) is 11.4 Å². The molecule has 0 aliphatic carbocycles. The van der Waals surface area contributed by atoms with Gasteiger partial charge in [0.25, 0.3) is 0 Å². The smallest absolute Gasteiger partial charge is 0.233 e. The normalized spacial score (nSPS) is 11.9. The summed E-state index contributed by atoms with van der Waals surface area (Å²) >= 11 is 1.41. The molecule has 0 aliphatic rings. The first kappa shape index (κ1) is 17.3. The van der Waals surface area contributed by atoms with E-state index in [9.17, 15) is 4.79 Å². The molecule has 0 aliphatic heterocycles. The van der Waals surface area contributed by atoms with Crippen LogP contribution in [0.3, 0.4) is 0 Å². The minimum atomic E-state index is -0.224. The molecule has 0 unspecified atom stereocenters. The van der Waals surface area contributed by atoms with Gasteiger partial charge in [-0.15, -0.1) is 16.8 Å². The van der Waals surface area contributed by atoms with Gasteiger partial charge in [-0.2, -0.15) is 0 Å². The second-order valence-electron chi connectivity index (χ2n) is 5.12. The zero-order valence-corrected chi connectivity index (χ0v) is 14.3. The molecule has 1 aromatic carbocycles. The highest BCUT2D eigenvalue weighted by Crippen LogP contribution is 2.26. The molecule has 0 radical (unpaired) electrons. The van der Waals surface area contributed by atoms with Gasteiger partial charge in [0.05, 0.1) is 5.25 Å². The van der Waals surface area contributed by atoms with Crippen molar-refractivity contribution < 1.29 is 4.79 Å². The Kier molecular flexibility index (Phi) is 6.40. The van der Waals surface area contributed by atoms with Gasteiger partial charge >= 0.3 is 0 Å². The van der Waals surface area contributed by atoms with Gasteiger partial charge in [0.1, 0.15) is 0 Å². The third kappa shape index (κ3) is 4.45. The van der Waals surface area contributed by atoms with Crippen molar-refractivity contribution in [1.82, 2.24) is 20.1 Å². The summed E-state index contributed by atoms with van der Waals surface area (Å²) in [4.78, 5) is 12.0. The highest BCUT2D eigenvalue weighted by molar-refractivity contribution is 8.00. The van der Waals surface area contributed by atoms with Crippen LogP contribution in [-0.4, -0.2) is 32.5 Å². The Hall–Kier alpha value is -2.08. The molecule has 1 amide bonds. The molecule has 122 valence electrons. The standard InChI is InChI=1S/C17H22N4OS/c1-4-11-18-16(22)13(3)23-17-20-19-15(21(17)12-5-2)14-9-7-6-8-10-14/h5-10,13H,2,4,11-12H2,1,3H3,(H,18,22)/t13-/m1/s1. The number of allylic oxidation sites excluding steroid dienone is 1. The summed E-state index contributed by atoms with van der Waals surface area (Å²) in [6, 6.07) is 9.89. The van der Waals surface area contributed by atoms with Gasteiger partial charge in [0.2, 0.25) is 5.91 Å². The van der Waals surface area contributed by atoms with Crippen molar-refractivity contribution in [3.8, 4) is 11.4 Å². The fraction of sp³-hybridized carbons (Fsp3) is 0.353. The van der Waals surface area contributed by atoms with Crippen molar-refractivity contribution in [2.75, 3.05) is 6.54 Å². The minimum Gasteiger partial charge on any atom is -0.355 e. The van der Waals surface area contributed by atoms with Crippen LogP contribution < -0.4 is 5.32 Å². The Labute approximate surface area is 141 Å². The van der Waals surface area contributed by atoms with Crippen LogP contribution in [0.5, 0.6) is 0 Å². The first-order valence-electron chi connectivity index (χ1n) is 7.71. The highest BCUT2D eigenvalue weighted by Gasteiger charge is 2.19. The summed E-state index contributed by atoms with van der Waals surface area (Å²) in [5.41, 5.74) is 0.997. The van der Waals surface area contributed by atoms with E-state index in [0.29, 0.717) is 13.1 Å². The van der Waals surface area contributed by atoms with Gasteiger partial charge in [-0.05, 0) is 13.3 Å². The molecular weight excluding hydrogens is 308 g/mol. The largest absolute Gasteiger partial charge is 0.355 e. The summed E-state index contributed by atoms with van der Waals surface area (Å²) in [5, 5.41) is 12.0. The Morgan fingerprint density at radius 2 is 2.13 bits per heavy atom. The predicted octanol–water partition coefficient (Wildman–Crippen LogP) is 3.14. The van der Waals surface area contributed by atoms with Crippen molar-refractivity contribution in [2.24, 2.45) is 0 Å². The van der Waals surface area contributed by atoms with Crippen LogP contribution in [-0.2, 0) is 11.3 Å². The Bertz CT molecular complexity index is 654. The van der Waals surface area contributed by atoms with Crippen LogP contribution in [0.1, 0.15) is 20.3 Å². The molecule has 5 nitrogen and oxygen atoms in total. The average molecular weight is 330 g/mol. The lowest BCUT2D eigenvalue weighted by Crippen LogP contribution is -2.31. The van der Waals surface area contributed by atoms with Gasteiger partial charge in [-0.25, -0.2) is 0 Å². The first-order chi connectivity index (χ1) is 11.2. The van der Waals surface area contributed by atoms with E-state index in [-0.39, 0.29) is 11.2 Å². The van der Waals surface area contributed by atoms with E-state index in [1.165, 1.54) is 11.8 Å². The van der Waals surface area contributed by atoms with Crippen LogP contribution in [0.4, 0.5) is 0 Å². The molecule has 23 heavy (non-hydrogen) atoms. The van der Waals surface area contributed by atoms with E-state index in [2.05, 4.69) is 22.1 Å². The number of nitrogens with one attached hydrogen (secondary N) is 1. The molecule has 0 saturated heterocycles. The van der Waals surface area contributed by atoms with Crippen molar-refractivity contribution in [3.63, 3.8) is 0 Å². The number of rotatable bonds is 8. The molecule has 1 heterocycles. The van der Waals surface area contributed by atoms with Crippen molar-refractivity contribution in [2.45, 2.75) is 37.2 Å². The lowest BCUT2D eigenvalue weighted by molar-refractivity contribution is -0.120. The van der Waals surface area contributed by atoms with Crippen LogP contribution in [0.2, 0.25) is 0 Å². The lowest BCUT2D eigenvalue weighted by atomic mass is 10.2. The van der Waals surface area contributed by atoms with E-state index in [1.807, 2.05) is 54.8 Å². The molecule has 1 N–H and O–H groups in total. The van der Waals surface area contributed by atoms with Gasteiger partial charge in [-0.3, -0.25) is 9.36 Å². The van der Waals surface area contributed by atoms with E-state index in [0.717, 1.165) is 23.0 Å². The van der Waals surface area contributed by atoms with Crippen LogP contribution in [0, 0.1) is 0 Å². The fourth-order valence-electron chi connectivity index (χ4n) is 2.07. The maximum Gasteiger partial charge on any atom is 0.233 e. The number of thioether (sulfide) groups is 1. The third-order valence-corrected chi connectivity index (χ3v) is 4.34. The number of aromatic nitrogens is 3. The number of amides is 1.